The topological polar surface area (TPSA) is 80.5 Å². The summed E-state index contributed by atoms with van der Waals surface area (Å²) in [5.41, 5.74) is 2.82. The molecule has 3 aromatic rings. The van der Waals surface area contributed by atoms with E-state index in [0.29, 0.717) is 35.4 Å². The minimum atomic E-state index is -0.264. The second-order valence-corrected chi connectivity index (χ2v) is 7.21. The molecule has 7 nitrogen and oxygen atoms in total. The van der Waals surface area contributed by atoms with Gasteiger partial charge in [0.2, 0.25) is 0 Å². The minimum absolute atomic E-state index is 0.193. The Labute approximate surface area is 174 Å². The Morgan fingerprint density at radius 3 is 2.66 bits per heavy atom. The first-order valence-electron chi connectivity index (χ1n) is 9.20. The third-order valence-electron chi connectivity index (χ3n) is 4.20. The smallest absolute Gasteiger partial charge is 0.321 e. The molecule has 1 aromatic heterocycles. The molecular formula is C21H23ClN4O3. The predicted molar refractivity (Wildman–Crippen MR) is 111 cm³/mol. The van der Waals surface area contributed by atoms with Gasteiger partial charge in [-0.3, -0.25) is 0 Å². The normalized spacial score (nSPS) is 10.6. The van der Waals surface area contributed by atoms with E-state index in [9.17, 15) is 4.79 Å². The van der Waals surface area contributed by atoms with Crippen LogP contribution in [-0.2, 0) is 13.0 Å². The number of benzene rings is 2. The van der Waals surface area contributed by atoms with E-state index >= 15 is 0 Å². The number of aryl methyl sites for hydroxylation is 2. The Morgan fingerprint density at radius 1 is 1.21 bits per heavy atom. The molecule has 152 valence electrons. The number of rotatable bonds is 7. The molecule has 2 aromatic carbocycles. The highest BCUT2D eigenvalue weighted by atomic mass is 35.5. The number of anilines is 1. The van der Waals surface area contributed by atoms with Crippen LogP contribution in [0.3, 0.4) is 0 Å². The Balaban J connectivity index is 1.48. The number of para-hydroxylation sites is 1. The van der Waals surface area contributed by atoms with Gasteiger partial charge in [0.05, 0.1) is 10.7 Å². The number of halogens is 1. The first-order valence-corrected chi connectivity index (χ1v) is 9.57. The number of ether oxygens (including phenoxy) is 1. The van der Waals surface area contributed by atoms with Gasteiger partial charge >= 0.3 is 6.03 Å². The molecule has 0 unspecified atom stereocenters. The zero-order chi connectivity index (χ0) is 20.8. The minimum Gasteiger partial charge on any atom is -0.484 e. The van der Waals surface area contributed by atoms with Crippen LogP contribution in [0, 0.1) is 13.8 Å². The van der Waals surface area contributed by atoms with Crippen molar-refractivity contribution in [1.82, 2.24) is 15.0 Å². The Hall–Kier alpha value is -3.06. The fraction of sp³-hybridized carbons (Fsp3) is 0.286. The molecular weight excluding hydrogens is 392 g/mol. The zero-order valence-electron chi connectivity index (χ0n) is 16.6. The summed E-state index contributed by atoms with van der Waals surface area (Å²) in [7, 11) is 1.69. The van der Waals surface area contributed by atoms with Crippen molar-refractivity contribution in [3.05, 3.63) is 70.3 Å². The van der Waals surface area contributed by atoms with E-state index < -0.39 is 0 Å². The molecule has 0 spiro atoms. The van der Waals surface area contributed by atoms with Crippen LogP contribution in [0.5, 0.6) is 5.75 Å². The van der Waals surface area contributed by atoms with Crippen LogP contribution in [0.2, 0.25) is 5.02 Å². The number of urea groups is 1. The fourth-order valence-electron chi connectivity index (χ4n) is 2.75. The van der Waals surface area contributed by atoms with Crippen molar-refractivity contribution < 1.29 is 14.1 Å². The lowest BCUT2D eigenvalue weighted by Gasteiger charge is -2.17. The maximum absolute atomic E-state index is 12.3. The second kappa shape index (κ2) is 9.43. The van der Waals surface area contributed by atoms with E-state index in [1.54, 1.807) is 25.2 Å². The first-order chi connectivity index (χ1) is 13.9. The van der Waals surface area contributed by atoms with E-state index in [-0.39, 0.29) is 12.6 Å². The van der Waals surface area contributed by atoms with Gasteiger partial charge in [0.25, 0.3) is 5.89 Å². The van der Waals surface area contributed by atoms with Gasteiger partial charge in [-0.1, -0.05) is 35.0 Å². The number of nitrogens with one attached hydrogen (secondary N) is 1. The van der Waals surface area contributed by atoms with Crippen LogP contribution in [0.25, 0.3) is 0 Å². The molecule has 0 aliphatic rings. The standard InChI is InChI=1S/C21H23ClN4O3/c1-14-10-15(2)12-16(11-14)28-13-20-24-19(25-29-20)8-9-26(3)21(27)23-18-7-5-4-6-17(18)22/h4-7,10-12H,8-9,13H2,1-3H3,(H,23,27). The second-order valence-electron chi connectivity index (χ2n) is 6.80. The molecule has 1 heterocycles. The maximum Gasteiger partial charge on any atom is 0.321 e. The molecule has 29 heavy (non-hydrogen) atoms. The molecule has 0 aliphatic heterocycles. The number of nitrogens with zero attached hydrogens (tertiary/aromatic N) is 3. The summed E-state index contributed by atoms with van der Waals surface area (Å²) in [4.78, 5) is 18.1. The van der Waals surface area contributed by atoms with Gasteiger partial charge in [0.1, 0.15) is 5.75 Å². The van der Waals surface area contributed by atoms with E-state index in [1.807, 2.05) is 32.0 Å². The number of carbonyl (C=O) groups is 1. The molecule has 0 fully saturated rings. The van der Waals surface area contributed by atoms with E-state index in [2.05, 4.69) is 21.5 Å². The van der Waals surface area contributed by atoms with Crippen molar-refractivity contribution in [2.45, 2.75) is 26.9 Å². The summed E-state index contributed by atoms with van der Waals surface area (Å²) >= 11 is 6.06. The van der Waals surface area contributed by atoms with Crippen molar-refractivity contribution in [1.29, 1.82) is 0 Å². The van der Waals surface area contributed by atoms with Gasteiger partial charge in [-0.25, -0.2) is 4.79 Å². The lowest BCUT2D eigenvalue weighted by molar-refractivity contribution is 0.222. The van der Waals surface area contributed by atoms with Gasteiger partial charge in [-0.05, 0) is 49.2 Å². The summed E-state index contributed by atoms with van der Waals surface area (Å²) < 4.78 is 11.0. The molecule has 0 bridgehead atoms. The Bertz CT molecular complexity index is 969. The van der Waals surface area contributed by atoms with Crippen molar-refractivity contribution in [2.24, 2.45) is 0 Å². The molecule has 0 atom stereocenters. The Morgan fingerprint density at radius 2 is 1.93 bits per heavy atom. The summed E-state index contributed by atoms with van der Waals surface area (Å²) in [5, 5.41) is 7.20. The Kier molecular flexibility index (Phi) is 6.72. The number of carbonyl (C=O) groups excluding carboxylic acids is 1. The van der Waals surface area contributed by atoms with Gasteiger partial charge < -0.3 is 19.5 Å². The quantitative estimate of drug-likeness (QED) is 0.609. The maximum atomic E-state index is 12.3. The number of hydrogen-bond acceptors (Lipinski definition) is 5. The van der Waals surface area contributed by atoms with Crippen molar-refractivity contribution in [2.75, 3.05) is 18.9 Å². The largest absolute Gasteiger partial charge is 0.484 e. The van der Waals surface area contributed by atoms with Crippen molar-refractivity contribution >= 4 is 23.3 Å². The van der Waals surface area contributed by atoms with Gasteiger partial charge in [0, 0.05) is 20.0 Å². The highest BCUT2D eigenvalue weighted by molar-refractivity contribution is 6.33. The molecule has 0 saturated carbocycles. The molecule has 2 amide bonds. The van der Waals surface area contributed by atoms with Gasteiger partial charge in [-0.15, -0.1) is 0 Å². The molecule has 0 radical (unpaired) electrons. The van der Waals surface area contributed by atoms with Crippen LogP contribution in [0.1, 0.15) is 22.8 Å². The van der Waals surface area contributed by atoms with Gasteiger partial charge in [0.15, 0.2) is 12.4 Å². The number of likely N-dealkylation sites (N-methyl/N-ethyl adjacent to an activating group) is 1. The fourth-order valence-corrected chi connectivity index (χ4v) is 2.94. The monoisotopic (exact) mass is 414 g/mol. The first kappa shape index (κ1) is 20.7. The summed E-state index contributed by atoms with van der Waals surface area (Å²) in [6, 6.07) is 12.8. The third-order valence-corrected chi connectivity index (χ3v) is 4.53. The van der Waals surface area contributed by atoms with Crippen LogP contribution < -0.4 is 10.1 Å². The van der Waals surface area contributed by atoms with E-state index in [0.717, 1.165) is 16.9 Å². The molecule has 1 N–H and O–H groups in total. The SMILES string of the molecule is Cc1cc(C)cc(OCc2nc(CCN(C)C(=O)Nc3ccccc3Cl)no2)c1. The van der Waals surface area contributed by atoms with Crippen LogP contribution >= 0.6 is 11.6 Å². The van der Waals surface area contributed by atoms with E-state index in [1.165, 1.54) is 4.90 Å². The van der Waals surface area contributed by atoms with Gasteiger partial charge in [-0.2, -0.15) is 4.98 Å². The lowest BCUT2D eigenvalue weighted by atomic mass is 10.1. The predicted octanol–water partition coefficient (Wildman–Crippen LogP) is 4.63. The lowest BCUT2D eigenvalue weighted by Crippen LogP contribution is -2.33. The molecule has 3 rings (SSSR count). The average molecular weight is 415 g/mol. The highest BCUT2D eigenvalue weighted by Crippen LogP contribution is 2.21. The highest BCUT2D eigenvalue weighted by Gasteiger charge is 2.13. The number of hydrogen-bond donors (Lipinski definition) is 1. The van der Waals surface area contributed by atoms with Crippen molar-refractivity contribution in [3.8, 4) is 5.75 Å². The van der Waals surface area contributed by atoms with Crippen molar-refractivity contribution in [3.63, 3.8) is 0 Å². The third kappa shape index (κ3) is 5.96. The van der Waals surface area contributed by atoms with E-state index in [4.69, 9.17) is 20.9 Å². The molecule has 8 heteroatoms. The number of aromatic nitrogens is 2. The molecule has 0 saturated heterocycles. The molecule has 0 aliphatic carbocycles. The van der Waals surface area contributed by atoms with Crippen LogP contribution in [0.4, 0.5) is 10.5 Å². The average Bonchev–Trinajstić information content (AvgIpc) is 3.13. The number of amides is 2. The summed E-state index contributed by atoms with van der Waals surface area (Å²) in [6.45, 7) is 4.65. The summed E-state index contributed by atoms with van der Waals surface area (Å²) in [5.74, 6) is 1.67. The van der Waals surface area contributed by atoms with Crippen LogP contribution in [0.15, 0.2) is 47.0 Å². The zero-order valence-corrected chi connectivity index (χ0v) is 17.4. The summed E-state index contributed by atoms with van der Waals surface area (Å²) in [6.07, 6.45) is 0.458. The van der Waals surface area contributed by atoms with Crippen LogP contribution in [-0.4, -0.2) is 34.7 Å².